The van der Waals surface area contributed by atoms with Crippen molar-refractivity contribution in [3.05, 3.63) is 24.3 Å². The highest BCUT2D eigenvalue weighted by Gasteiger charge is 2.21. The summed E-state index contributed by atoms with van der Waals surface area (Å²) >= 11 is 0. The van der Waals surface area contributed by atoms with Crippen molar-refractivity contribution in [1.82, 2.24) is 14.8 Å². The molecule has 1 aliphatic heterocycles. The van der Waals surface area contributed by atoms with Crippen molar-refractivity contribution in [3.63, 3.8) is 0 Å². The fourth-order valence-corrected chi connectivity index (χ4v) is 1.55. The van der Waals surface area contributed by atoms with Crippen LogP contribution in [0.4, 0.5) is 0 Å². The lowest BCUT2D eigenvalue weighted by molar-refractivity contribution is 0.551. The van der Waals surface area contributed by atoms with Gasteiger partial charge in [0, 0.05) is 24.5 Å². The standard InChI is InChI=1S/C8H10BN3/c9-12-4-1-7(6-12)8-5-10-2-3-11-8/h2-3,5,7H,1,4,6H2. The largest absolute Gasteiger partial charge is 0.353 e. The fourth-order valence-electron chi connectivity index (χ4n) is 1.55. The summed E-state index contributed by atoms with van der Waals surface area (Å²) < 4.78 is 0. The molecule has 2 heterocycles. The van der Waals surface area contributed by atoms with Crippen LogP contribution in [-0.4, -0.2) is 35.8 Å². The predicted molar refractivity (Wildman–Crippen MR) is 46.7 cm³/mol. The van der Waals surface area contributed by atoms with E-state index in [4.69, 9.17) is 7.98 Å². The maximum atomic E-state index is 5.65. The van der Waals surface area contributed by atoms with Crippen molar-refractivity contribution in [1.29, 1.82) is 0 Å². The molecule has 1 aromatic rings. The van der Waals surface area contributed by atoms with Crippen LogP contribution < -0.4 is 0 Å². The third kappa shape index (κ3) is 1.48. The zero-order valence-corrected chi connectivity index (χ0v) is 6.85. The van der Waals surface area contributed by atoms with Gasteiger partial charge >= 0.3 is 0 Å². The number of aromatic nitrogens is 2. The van der Waals surface area contributed by atoms with Gasteiger partial charge in [-0.2, -0.15) is 0 Å². The molecule has 0 N–H and O–H groups in total. The molecule has 60 valence electrons. The first-order chi connectivity index (χ1) is 5.86. The Morgan fingerprint density at radius 1 is 1.50 bits per heavy atom. The van der Waals surface area contributed by atoms with Crippen molar-refractivity contribution in [2.24, 2.45) is 0 Å². The summed E-state index contributed by atoms with van der Waals surface area (Å²) in [6.45, 7) is 1.86. The Balaban J connectivity index is 2.11. The lowest BCUT2D eigenvalue weighted by atomic mass is 10.1. The van der Waals surface area contributed by atoms with Crippen molar-refractivity contribution in [3.8, 4) is 0 Å². The third-order valence-corrected chi connectivity index (χ3v) is 2.22. The van der Waals surface area contributed by atoms with Crippen LogP contribution in [0.1, 0.15) is 18.0 Å². The van der Waals surface area contributed by atoms with Crippen molar-refractivity contribution in [2.75, 3.05) is 13.1 Å². The first kappa shape index (κ1) is 7.74. The Hall–Kier alpha value is -0.895. The van der Waals surface area contributed by atoms with E-state index < -0.39 is 0 Å². The van der Waals surface area contributed by atoms with E-state index in [1.165, 1.54) is 0 Å². The summed E-state index contributed by atoms with van der Waals surface area (Å²) in [6.07, 6.45) is 6.34. The van der Waals surface area contributed by atoms with Gasteiger partial charge in [0.25, 0.3) is 0 Å². The summed E-state index contributed by atoms with van der Waals surface area (Å²) in [4.78, 5) is 10.1. The molecule has 1 saturated heterocycles. The zero-order chi connectivity index (χ0) is 8.39. The van der Waals surface area contributed by atoms with Gasteiger partial charge in [-0.05, 0) is 19.5 Å². The van der Waals surface area contributed by atoms with E-state index in [-0.39, 0.29) is 0 Å². The molecular weight excluding hydrogens is 149 g/mol. The molecule has 0 aliphatic carbocycles. The average molecular weight is 159 g/mol. The number of hydrogen-bond donors (Lipinski definition) is 0. The SMILES string of the molecule is [B]N1CCC(c2cnccn2)C1. The van der Waals surface area contributed by atoms with Crippen molar-refractivity contribution >= 4 is 7.98 Å². The van der Waals surface area contributed by atoms with Gasteiger partial charge < -0.3 is 4.81 Å². The summed E-state index contributed by atoms with van der Waals surface area (Å²) in [5.74, 6) is 0.476. The van der Waals surface area contributed by atoms with Gasteiger partial charge in [0.15, 0.2) is 7.98 Å². The smallest absolute Gasteiger partial charge is 0.182 e. The topological polar surface area (TPSA) is 29.0 Å². The van der Waals surface area contributed by atoms with E-state index in [9.17, 15) is 0 Å². The minimum Gasteiger partial charge on any atom is -0.353 e. The maximum absolute atomic E-state index is 5.65. The number of hydrogen-bond acceptors (Lipinski definition) is 3. The van der Waals surface area contributed by atoms with Gasteiger partial charge in [0.1, 0.15) is 0 Å². The normalized spacial score (nSPS) is 24.5. The molecule has 0 spiro atoms. The van der Waals surface area contributed by atoms with Gasteiger partial charge in [-0.1, -0.05) is 0 Å². The fraction of sp³-hybridized carbons (Fsp3) is 0.500. The quantitative estimate of drug-likeness (QED) is 0.553. The van der Waals surface area contributed by atoms with E-state index in [2.05, 4.69) is 9.97 Å². The Labute approximate surface area is 73.3 Å². The number of nitrogens with zero attached hydrogens (tertiary/aromatic N) is 3. The molecule has 3 nitrogen and oxygen atoms in total. The molecule has 12 heavy (non-hydrogen) atoms. The van der Waals surface area contributed by atoms with Gasteiger partial charge in [-0.25, -0.2) is 0 Å². The Kier molecular flexibility index (Phi) is 2.08. The van der Waals surface area contributed by atoms with Crippen LogP contribution in [0.25, 0.3) is 0 Å². The van der Waals surface area contributed by atoms with Gasteiger partial charge in [-0.3, -0.25) is 9.97 Å². The van der Waals surface area contributed by atoms with E-state index in [1.807, 2.05) is 11.0 Å². The zero-order valence-electron chi connectivity index (χ0n) is 6.85. The maximum Gasteiger partial charge on any atom is 0.182 e. The molecule has 4 heteroatoms. The van der Waals surface area contributed by atoms with Crippen LogP contribution in [0.2, 0.25) is 0 Å². The van der Waals surface area contributed by atoms with E-state index in [0.717, 1.165) is 25.2 Å². The second-order valence-corrected chi connectivity index (χ2v) is 3.11. The molecule has 2 radical (unpaired) electrons. The van der Waals surface area contributed by atoms with Crippen molar-refractivity contribution in [2.45, 2.75) is 12.3 Å². The lowest BCUT2D eigenvalue weighted by Crippen LogP contribution is -2.15. The lowest BCUT2D eigenvalue weighted by Gasteiger charge is -2.08. The minimum absolute atomic E-state index is 0.476. The molecule has 0 amide bonds. The van der Waals surface area contributed by atoms with Gasteiger partial charge in [0.05, 0.1) is 5.69 Å². The molecule has 1 atom stereocenters. The van der Waals surface area contributed by atoms with Gasteiger partial charge in [0.2, 0.25) is 0 Å². The first-order valence-electron chi connectivity index (χ1n) is 4.12. The second kappa shape index (κ2) is 3.23. The summed E-state index contributed by atoms with van der Waals surface area (Å²) in [5.41, 5.74) is 1.06. The molecule has 1 unspecified atom stereocenters. The first-order valence-corrected chi connectivity index (χ1v) is 4.12. The molecule has 1 aromatic heterocycles. The Bertz CT molecular complexity index is 252. The summed E-state index contributed by atoms with van der Waals surface area (Å²) in [7, 11) is 5.65. The van der Waals surface area contributed by atoms with Crippen molar-refractivity contribution < 1.29 is 0 Å². The molecule has 1 aliphatic rings. The van der Waals surface area contributed by atoms with E-state index in [0.29, 0.717) is 5.92 Å². The monoisotopic (exact) mass is 159 g/mol. The van der Waals surface area contributed by atoms with E-state index >= 15 is 0 Å². The highest BCUT2D eigenvalue weighted by Crippen LogP contribution is 2.22. The third-order valence-electron chi connectivity index (χ3n) is 2.22. The second-order valence-electron chi connectivity index (χ2n) is 3.11. The average Bonchev–Trinajstić information content (AvgIpc) is 2.54. The number of rotatable bonds is 1. The van der Waals surface area contributed by atoms with Crippen LogP contribution in [-0.2, 0) is 0 Å². The molecule has 0 bridgehead atoms. The summed E-state index contributed by atoms with van der Waals surface area (Å²) in [5, 5.41) is 0. The van der Waals surface area contributed by atoms with E-state index in [1.54, 1.807) is 12.4 Å². The van der Waals surface area contributed by atoms with Gasteiger partial charge in [-0.15, -0.1) is 0 Å². The molecule has 1 fully saturated rings. The van der Waals surface area contributed by atoms with Crippen LogP contribution in [0.3, 0.4) is 0 Å². The molecule has 0 saturated carbocycles. The van der Waals surface area contributed by atoms with Crippen LogP contribution in [0.5, 0.6) is 0 Å². The highest BCUT2D eigenvalue weighted by atomic mass is 15.1. The minimum atomic E-state index is 0.476. The summed E-state index contributed by atoms with van der Waals surface area (Å²) in [6, 6.07) is 0. The molecular formula is C8H10BN3. The Morgan fingerprint density at radius 2 is 2.42 bits per heavy atom. The van der Waals surface area contributed by atoms with Crippen LogP contribution in [0, 0.1) is 0 Å². The Morgan fingerprint density at radius 3 is 3.00 bits per heavy atom. The molecule has 0 aromatic carbocycles. The predicted octanol–water partition coefficient (Wildman–Crippen LogP) is 0.349. The van der Waals surface area contributed by atoms with Crippen LogP contribution in [0.15, 0.2) is 18.6 Å². The molecule has 2 rings (SSSR count). The highest BCUT2D eigenvalue weighted by molar-refractivity contribution is 6.04. The van der Waals surface area contributed by atoms with Crippen LogP contribution >= 0.6 is 0 Å².